The topological polar surface area (TPSA) is 100 Å². The number of hydrogen-bond acceptors (Lipinski definition) is 7. The Labute approximate surface area is 198 Å². The summed E-state index contributed by atoms with van der Waals surface area (Å²) in [6, 6.07) is 13.9. The summed E-state index contributed by atoms with van der Waals surface area (Å²) in [7, 11) is 1.27. The maximum atomic E-state index is 13.2. The van der Waals surface area contributed by atoms with Crippen LogP contribution in [0.3, 0.4) is 0 Å². The van der Waals surface area contributed by atoms with E-state index >= 15 is 0 Å². The molecule has 1 heterocycles. The number of carbonyl (C=O) groups excluding carboxylic acids is 3. The van der Waals surface area contributed by atoms with Crippen molar-refractivity contribution in [1.82, 2.24) is 5.32 Å². The number of nitrogens with one attached hydrogen (secondary N) is 1. The van der Waals surface area contributed by atoms with E-state index in [0.29, 0.717) is 37.6 Å². The first-order valence-electron chi connectivity index (χ1n) is 11.5. The van der Waals surface area contributed by atoms with Gasteiger partial charge in [0.25, 0.3) is 5.91 Å². The molecule has 0 radical (unpaired) electrons. The summed E-state index contributed by atoms with van der Waals surface area (Å²) in [4.78, 5) is 38.0. The van der Waals surface area contributed by atoms with Crippen molar-refractivity contribution in [2.75, 3.05) is 26.9 Å². The molecule has 0 bridgehead atoms. The second-order valence-electron chi connectivity index (χ2n) is 8.56. The van der Waals surface area contributed by atoms with Gasteiger partial charge in [-0.3, -0.25) is 9.59 Å². The molecule has 4 rings (SSSR count). The number of ether oxygens (including phenoxy) is 4. The van der Waals surface area contributed by atoms with Crippen molar-refractivity contribution < 1.29 is 33.3 Å². The molecule has 1 aliphatic heterocycles. The molecule has 1 saturated carbocycles. The average Bonchev–Trinajstić information content (AvgIpc) is 3.38. The Morgan fingerprint density at radius 3 is 2.41 bits per heavy atom. The van der Waals surface area contributed by atoms with Crippen LogP contribution in [0.5, 0.6) is 11.5 Å². The van der Waals surface area contributed by atoms with Crippen molar-refractivity contribution in [3.05, 3.63) is 59.7 Å². The van der Waals surface area contributed by atoms with Gasteiger partial charge in [-0.05, 0) is 36.1 Å². The summed E-state index contributed by atoms with van der Waals surface area (Å²) in [5.74, 6) is -0.304. The Morgan fingerprint density at radius 1 is 1.00 bits per heavy atom. The Balaban J connectivity index is 1.41. The monoisotopic (exact) mass is 467 g/mol. The van der Waals surface area contributed by atoms with Crippen LogP contribution in [0.2, 0.25) is 0 Å². The van der Waals surface area contributed by atoms with E-state index in [-0.39, 0.29) is 6.42 Å². The number of amides is 1. The zero-order valence-corrected chi connectivity index (χ0v) is 19.2. The van der Waals surface area contributed by atoms with E-state index in [4.69, 9.17) is 18.9 Å². The molecule has 1 N–H and O–H groups in total. The van der Waals surface area contributed by atoms with E-state index in [2.05, 4.69) is 5.32 Å². The van der Waals surface area contributed by atoms with Gasteiger partial charge in [-0.2, -0.15) is 0 Å². The molecule has 8 nitrogen and oxygen atoms in total. The van der Waals surface area contributed by atoms with Gasteiger partial charge in [-0.1, -0.05) is 49.2 Å². The maximum Gasteiger partial charge on any atom is 0.328 e. The van der Waals surface area contributed by atoms with Gasteiger partial charge in [-0.25, -0.2) is 4.79 Å². The third-order valence-electron chi connectivity index (χ3n) is 6.38. The zero-order valence-electron chi connectivity index (χ0n) is 19.2. The Morgan fingerprint density at radius 2 is 1.71 bits per heavy atom. The molecule has 2 aromatic carbocycles. The van der Waals surface area contributed by atoms with E-state index in [1.54, 1.807) is 0 Å². The zero-order chi connectivity index (χ0) is 24.0. The van der Waals surface area contributed by atoms with E-state index in [1.165, 1.54) is 7.11 Å². The van der Waals surface area contributed by atoms with Crippen LogP contribution < -0.4 is 14.8 Å². The van der Waals surface area contributed by atoms with Crippen molar-refractivity contribution in [2.24, 2.45) is 0 Å². The lowest BCUT2D eigenvalue weighted by Crippen LogP contribution is -2.45. The van der Waals surface area contributed by atoms with Crippen LogP contribution in [-0.4, -0.2) is 50.8 Å². The van der Waals surface area contributed by atoms with Crippen LogP contribution in [0.25, 0.3) is 0 Å². The first-order valence-corrected chi connectivity index (χ1v) is 11.5. The molecular formula is C26H29NO7. The number of fused-ring (bicyclic) bond motifs is 1. The molecule has 1 aliphatic carbocycles. The number of benzene rings is 2. The average molecular weight is 468 g/mol. The SMILES string of the molecule is COC(=O)C(Cc1ccccc1)NC(=O)COC(=O)C1(c2ccc3c(c2)OCCO3)CCCC1. The van der Waals surface area contributed by atoms with E-state index < -0.39 is 35.9 Å². The fraction of sp³-hybridized carbons (Fsp3) is 0.423. The number of rotatable bonds is 8. The quantitative estimate of drug-likeness (QED) is 0.596. The summed E-state index contributed by atoms with van der Waals surface area (Å²) >= 11 is 0. The smallest absolute Gasteiger partial charge is 0.328 e. The normalized spacial score (nSPS) is 16.9. The van der Waals surface area contributed by atoms with Crippen molar-refractivity contribution in [3.8, 4) is 11.5 Å². The van der Waals surface area contributed by atoms with E-state index in [0.717, 1.165) is 24.0 Å². The molecule has 0 spiro atoms. The molecule has 8 heteroatoms. The molecule has 0 saturated heterocycles. The van der Waals surface area contributed by atoms with Gasteiger partial charge in [-0.15, -0.1) is 0 Å². The Kier molecular flexibility index (Phi) is 7.35. The highest BCUT2D eigenvalue weighted by molar-refractivity contribution is 5.89. The largest absolute Gasteiger partial charge is 0.486 e. The van der Waals surface area contributed by atoms with Gasteiger partial charge in [0.15, 0.2) is 18.1 Å². The standard InChI is InChI=1S/C26H29NO7/c1-31-24(29)20(15-18-7-3-2-4-8-18)27-23(28)17-34-25(30)26(11-5-6-12-26)19-9-10-21-22(16-19)33-14-13-32-21/h2-4,7-10,16,20H,5-6,11-15,17H2,1H3,(H,27,28). The number of methoxy groups -OCH3 is 1. The molecule has 34 heavy (non-hydrogen) atoms. The predicted octanol–water partition coefficient (Wildman–Crippen LogP) is 2.71. The van der Waals surface area contributed by atoms with Gasteiger partial charge in [0, 0.05) is 6.42 Å². The Bertz CT molecular complexity index is 1030. The van der Waals surface area contributed by atoms with Gasteiger partial charge >= 0.3 is 11.9 Å². The molecule has 180 valence electrons. The first-order chi connectivity index (χ1) is 16.5. The van der Waals surface area contributed by atoms with Gasteiger partial charge in [0.05, 0.1) is 12.5 Å². The summed E-state index contributed by atoms with van der Waals surface area (Å²) in [5, 5.41) is 2.63. The molecule has 1 fully saturated rings. The fourth-order valence-electron chi connectivity index (χ4n) is 4.62. The van der Waals surface area contributed by atoms with E-state index in [1.807, 2.05) is 48.5 Å². The minimum atomic E-state index is -0.878. The number of esters is 2. The minimum Gasteiger partial charge on any atom is -0.486 e. The van der Waals surface area contributed by atoms with Crippen LogP contribution in [0.1, 0.15) is 36.8 Å². The number of hydrogen-bond donors (Lipinski definition) is 1. The highest BCUT2D eigenvalue weighted by atomic mass is 16.6. The lowest BCUT2D eigenvalue weighted by molar-refractivity contribution is -0.155. The summed E-state index contributed by atoms with van der Waals surface area (Å²) < 4.78 is 21.6. The van der Waals surface area contributed by atoms with Gasteiger partial charge < -0.3 is 24.3 Å². The molecular weight excluding hydrogens is 438 g/mol. The maximum absolute atomic E-state index is 13.2. The van der Waals surface area contributed by atoms with Crippen molar-refractivity contribution in [1.29, 1.82) is 0 Å². The van der Waals surface area contributed by atoms with Crippen molar-refractivity contribution >= 4 is 17.8 Å². The van der Waals surface area contributed by atoms with Crippen LogP contribution in [-0.2, 0) is 35.7 Å². The molecule has 1 amide bonds. The lowest BCUT2D eigenvalue weighted by Gasteiger charge is -2.29. The van der Waals surface area contributed by atoms with E-state index in [9.17, 15) is 14.4 Å². The Hall–Kier alpha value is -3.55. The molecule has 0 aromatic heterocycles. The molecule has 2 aromatic rings. The minimum absolute atomic E-state index is 0.272. The van der Waals surface area contributed by atoms with Crippen LogP contribution in [0, 0.1) is 0 Å². The van der Waals surface area contributed by atoms with Gasteiger partial charge in [0.1, 0.15) is 19.3 Å². The van der Waals surface area contributed by atoms with Crippen LogP contribution in [0.4, 0.5) is 0 Å². The van der Waals surface area contributed by atoms with Gasteiger partial charge in [0.2, 0.25) is 0 Å². The lowest BCUT2D eigenvalue weighted by atomic mass is 9.78. The molecule has 1 atom stereocenters. The second kappa shape index (κ2) is 10.6. The molecule has 2 aliphatic rings. The second-order valence-corrected chi connectivity index (χ2v) is 8.56. The summed E-state index contributed by atoms with van der Waals surface area (Å²) in [6.45, 7) is 0.470. The summed E-state index contributed by atoms with van der Waals surface area (Å²) in [6.07, 6.45) is 3.31. The predicted molar refractivity (Wildman–Crippen MR) is 123 cm³/mol. The highest BCUT2D eigenvalue weighted by Crippen LogP contribution is 2.45. The highest BCUT2D eigenvalue weighted by Gasteiger charge is 2.45. The third-order valence-corrected chi connectivity index (χ3v) is 6.38. The van der Waals surface area contributed by atoms with Crippen molar-refractivity contribution in [2.45, 2.75) is 43.6 Å². The fourth-order valence-corrected chi connectivity index (χ4v) is 4.62. The van der Waals surface area contributed by atoms with Crippen LogP contribution in [0.15, 0.2) is 48.5 Å². The van der Waals surface area contributed by atoms with Crippen LogP contribution >= 0.6 is 0 Å². The van der Waals surface area contributed by atoms with Crippen molar-refractivity contribution in [3.63, 3.8) is 0 Å². The third kappa shape index (κ3) is 5.16. The first kappa shape index (κ1) is 23.6. The molecule has 1 unspecified atom stereocenters. The summed E-state index contributed by atoms with van der Waals surface area (Å²) in [5.41, 5.74) is 0.844. The number of carbonyl (C=O) groups is 3.